The summed E-state index contributed by atoms with van der Waals surface area (Å²) in [6.07, 6.45) is 0.952. The maximum atomic E-state index is 5.91. The number of methoxy groups -OCH3 is 1. The normalized spacial score (nSPS) is 12.1. The predicted molar refractivity (Wildman–Crippen MR) is 87.9 cm³/mol. The summed E-state index contributed by atoms with van der Waals surface area (Å²) in [5.74, 6) is 0.882. The lowest BCUT2D eigenvalue weighted by Gasteiger charge is -2.17. The van der Waals surface area contributed by atoms with E-state index in [2.05, 4.69) is 17.4 Å². The molecule has 0 heterocycles. The van der Waals surface area contributed by atoms with E-state index in [4.69, 9.17) is 22.1 Å². The first-order chi connectivity index (χ1) is 10.2. The third-order valence-electron chi connectivity index (χ3n) is 3.47. The third kappa shape index (κ3) is 4.74. The number of ether oxygens (including phenoxy) is 1. The predicted octanol–water partition coefficient (Wildman–Crippen LogP) is 3.18. The molecule has 0 aliphatic rings. The van der Waals surface area contributed by atoms with Crippen molar-refractivity contribution in [3.05, 3.63) is 64.7 Å². The van der Waals surface area contributed by atoms with Crippen LogP contribution in [0, 0.1) is 0 Å². The number of hydrogen-bond donors (Lipinski definition) is 2. The van der Waals surface area contributed by atoms with Gasteiger partial charge in [0.2, 0.25) is 0 Å². The highest BCUT2D eigenvalue weighted by Gasteiger charge is 2.08. The van der Waals surface area contributed by atoms with Gasteiger partial charge in [0.1, 0.15) is 5.75 Å². The number of halogens is 1. The SMILES string of the molecule is COc1ccc(CCNC(CN)c2ccc(Cl)cc2)cc1. The summed E-state index contributed by atoms with van der Waals surface area (Å²) in [6, 6.07) is 16.1. The molecule has 3 N–H and O–H groups in total. The molecule has 2 aromatic rings. The number of nitrogens with two attached hydrogens (primary N) is 1. The van der Waals surface area contributed by atoms with Crippen LogP contribution in [0.1, 0.15) is 17.2 Å². The molecule has 0 aliphatic carbocycles. The summed E-state index contributed by atoms with van der Waals surface area (Å²) in [6.45, 7) is 1.43. The van der Waals surface area contributed by atoms with Crippen molar-refractivity contribution >= 4 is 11.6 Å². The number of nitrogens with one attached hydrogen (secondary N) is 1. The van der Waals surface area contributed by atoms with E-state index in [1.807, 2.05) is 36.4 Å². The Morgan fingerprint density at radius 2 is 1.76 bits per heavy atom. The van der Waals surface area contributed by atoms with Gasteiger partial charge in [-0.15, -0.1) is 0 Å². The Morgan fingerprint density at radius 1 is 1.10 bits per heavy atom. The zero-order valence-electron chi connectivity index (χ0n) is 12.2. The molecule has 1 unspecified atom stereocenters. The van der Waals surface area contributed by atoms with Crippen molar-refractivity contribution in [1.29, 1.82) is 0 Å². The summed E-state index contributed by atoms with van der Waals surface area (Å²) in [7, 11) is 1.68. The summed E-state index contributed by atoms with van der Waals surface area (Å²) in [5.41, 5.74) is 8.29. The second-order valence-electron chi connectivity index (χ2n) is 4.89. The van der Waals surface area contributed by atoms with E-state index in [1.165, 1.54) is 5.56 Å². The fraction of sp³-hybridized carbons (Fsp3) is 0.294. The Hall–Kier alpha value is -1.55. The molecule has 0 fully saturated rings. The van der Waals surface area contributed by atoms with E-state index >= 15 is 0 Å². The first-order valence-corrected chi connectivity index (χ1v) is 7.42. The Bertz CT molecular complexity index is 540. The second-order valence-corrected chi connectivity index (χ2v) is 5.33. The maximum Gasteiger partial charge on any atom is 0.118 e. The van der Waals surface area contributed by atoms with Crippen LogP contribution in [0.15, 0.2) is 48.5 Å². The highest BCUT2D eigenvalue weighted by Crippen LogP contribution is 2.16. The van der Waals surface area contributed by atoms with Crippen LogP contribution in [-0.4, -0.2) is 20.2 Å². The molecule has 1 atom stereocenters. The molecule has 112 valence electrons. The van der Waals surface area contributed by atoms with Gasteiger partial charge in [0.25, 0.3) is 0 Å². The molecule has 0 amide bonds. The fourth-order valence-corrected chi connectivity index (χ4v) is 2.34. The molecule has 2 aromatic carbocycles. The summed E-state index contributed by atoms with van der Waals surface area (Å²) < 4.78 is 5.15. The van der Waals surface area contributed by atoms with Crippen LogP contribution in [0.3, 0.4) is 0 Å². The Labute approximate surface area is 131 Å². The molecule has 0 bridgehead atoms. The van der Waals surface area contributed by atoms with Gasteiger partial charge in [-0.2, -0.15) is 0 Å². The van der Waals surface area contributed by atoms with E-state index in [0.29, 0.717) is 6.54 Å². The van der Waals surface area contributed by atoms with Crippen molar-refractivity contribution in [1.82, 2.24) is 5.32 Å². The monoisotopic (exact) mass is 304 g/mol. The Kier molecular flexibility index (Phi) is 6.05. The van der Waals surface area contributed by atoms with E-state index in [0.717, 1.165) is 29.3 Å². The van der Waals surface area contributed by atoms with Gasteiger partial charge < -0.3 is 15.8 Å². The van der Waals surface area contributed by atoms with Crippen LogP contribution >= 0.6 is 11.6 Å². The minimum absolute atomic E-state index is 0.153. The highest BCUT2D eigenvalue weighted by molar-refractivity contribution is 6.30. The lowest BCUT2D eigenvalue weighted by atomic mass is 10.1. The van der Waals surface area contributed by atoms with Gasteiger partial charge in [-0.1, -0.05) is 35.9 Å². The van der Waals surface area contributed by atoms with Gasteiger partial charge in [-0.3, -0.25) is 0 Å². The molecule has 0 aliphatic heterocycles. The van der Waals surface area contributed by atoms with Crippen molar-refractivity contribution in [2.24, 2.45) is 5.73 Å². The minimum atomic E-state index is 0.153. The highest BCUT2D eigenvalue weighted by atomic mass is 35.5. The molecule has 2 rings (SSSR count). The molecular weight excluding hydrogens is 284 g/mol. The van der Waals surface area contributed by atoms with E-state index < -0.39 is 0 Å². The second kappa shape index (κ2) is 8.03. The van der Waals surface area contributed by atoms with Crippen LogP contribution < -0.4 is 15.8 Å². The van der Waals surface area contributed by atoms with Crippen LogP contribution in [0.4, 0.5) is 0 Å². The number of benzene rings is 2. The van der Waals surface area contributed by atoms with E-state index in [-0.39, 0.29) is 6.04 Å². The smallest absolute Gasteiger partial charge is 0.118 e. The van der Waals surface area contributed by atoms with Crippen molar-refractivity contribution in [3.63, 3.8) is 0 Å². The van der Waals surface area contributed by atoms with Crippen LogP contribution in [0.25, 0.3) is 0 Å². The Balaban J connectivity index is 1.86. The molecule has 0 spiro atoms. The molecule has 0 saturated carbocycles. The lowest BCUT2D eigenvalue weighted by molar-refractivity contribution is 0.414. The average Bonchev–Trinajstić information content (AvgIpc) is 2.53. The summed E-state index contributed by atoms with van der Waals surface area (Å²) in [5, 5.41) is 4.23. The summed E-state index contributed by atoms with van der Waals surface area (Å²) >= 11 is 5.91. The number of hydrogen-bond acceptors (Lipinski definition) is 3. The standard InChI is InChI=1S/C17H21ClN2O/c1-21-16-8-2-13(3-9-16)10-11-20-17(12-19)14-4-6-15(18)7-5-14/h2-9,17,20H,10-12,19H2,1H3. The summed E-state index contributed by atoms with van der Waals surface area (Å²) in [4.78, 5) is 0. The zero-order valence-corrected chi connectivity index (χ0v) is 12.9. The first-order valence-electron chi connectivity index (χ1n) is 7.05. The minimum Gasteiger partial charge on any atom is -0.497 e. The van der Waals surface area contributed by atoms with Gasteiger partial charge in [0.15, 0.2) is 0 Å². The molecular formula is C17H21ClN2O. The maximum absolute atomic E-state index is 5.91. The van der Waals surface area contributed by atoms with E-state index in [9.17, 15) is 0 Å². The fourth-order valence-electron chi connectivity index (χ4n) is 2.22. The largest absolute Gasteiger partial charge is 0.497 e. The third-order valence-corrected chi connectivity index (χ3v) is 3.72. The van der Waals surface area contributed by atoms with Gasteiger partial charge >= 0.3 is 0 Å². The van der Waals surface area contributed by atoms with Crippen molar-refractivity contribution in [3.8, 4) is 5.75 Å². The molecule has 4 heteroatoms. The topological polar surface area (TPSA) is 47.3 Å². The molecule has 3 nitrogen and oxygen atoms in total. The molecule has 0 saturated heterocycles. The van der Waals surface area contributed by atoms with Gasteiger partial charge in [-0.25, -0.2) is 0 Å². The van der Waals surface area contributed by atoms with Gasteiger partial charge in [0.05, 0.1) is 7.11 Å². The van der Waals surface area contributed by atoms with Crippen molar-refractivity contribution in [2.75, 3.05) is 20.2 Å². The van der Waals surface area contributed by atoms with Crippen molar-refractivity contribution in [2.45, 2.75) is 12.5 Å². The zero-order chi connectivity index (χ0) is 15.1. The number of rotatable bonds is 7. The molecule has 21 heavy (non-hydrogen) atoms. The van der Waals surface area contributed by atoms with Crippen LogP contribution in [0.5, 0.6) is 5.75 Å². The average molecular weight is 305 g/mol. The lowest BCUT2D eigenvalue weighted by Crippen LogP contribution is -2.29. The van der Waals surface area contributed by atoms with Crippen molar-refractivity contribution < 1.29 is 4.74 Å². The van der Waals surface area contributed by atoms with Crippen LogP contribution in [0.2, 0.25) is 5.02 Å². The van der Waals surface area contributed by atoms with Crippen LogP contribution in [-0.2, 0) is 6.42 Å². The Morgan fingerprint density at radius 3 is 2.33 bits per heavy atom. The quantitative estimate of drug-likeness (QED) is 0.826. The van der Waals surface area contributed by atoms with E-state index in [1.54, 1.807) is 7.11 Å². The molecule has 0 radical (unpaired) electrons. The van der Waals surface area contributed by atoms with Gasteiger partial charge in [-0.05, 0) is 48.4 Å². The van der Waals surface area contributed by atoms with Gasteiger partial charge in [0, 0.05) is 17.6 Å². The first kappa shape index (κ1) is 15.8. The molecule has 0 aromatic heterocycles.